The molecule has 2 saturated heterocycles. The van der Waals surface area contributed by atoms with Crippen molar-refractivity contribution in [3.05, 3.63) is 29.3 Å². The van der Waals surface area contributed by atoms with Gasteiger partial charge in [-0.2, -0.15) is 5.26 Å². The maximum atomic E-state index is 12.6. The molecule has 1 atom stereocenters. The number of benzene rings is 1. The van der Waals surface area contributed by atoms with Gasteiger partial charge in [0.15, 0.2) is 0 Å². The summed E-state index contributed by atoms with van der Waals surface area (Å²) in [6.07, 6.45) is 10.3. The Bertz CT molecular complexity index is 1030. The molecular weight excluding hydrogens is 444 g/mol. The molecule has 0 radical (unpaired) electrons. The van der Waals surface area contributed by atoms with Gasteiger partial charge < -0.3 is 15.0 Å². The first-order valence-electron chi connectivity index (χ1n) is 13.1. The molecule has 3 aliphatic heterocycles. The highest BCUT2D eigenvalue weighted by molar-refractivity contribution is 6.05. The lowest BCUT2D eigenvalue weighted by molar-refractivity contribution is -0.136. The van der Waals surface area contributed by atoms with Crippen LogP contribution < -0.4 is 15.4 Å². The summed E-state index contributed by atoms with van der Waals surface area (Å²) >= 11 is 0. The van der Waals surface area contributed by atoms with Crippen LogP contribution >= 0.6 is 0 Å². The topological polar surface area (TPSA) is 112 Å². The SMILES string of the molecule is N#CC1(C2CNC2)CCC1.O=C1CCC(N2Cc3cc(OC4CCCCC4)ccc3C2=O)C(=O)N1. The highest BCUT2D eigenvalue weighted by atomic mass is 16.5. The third-order valence-electron chi connectivity index (χ3n) is 8.38. The predicted molar refractivity (Wildman–Crippen MR) is 128 cm³/mol. The molecule has 4 fully saturated rings. The third kappa shape index (κ3) is 4.79. The maximum Gasteiger partial charge on any atom is 0.255 e. The Morgan fingerprint density at radius 3 is 2.37 bits per heavy atom. The van der Waals surface area contributed by atoms with Gasteiger partial charge in [0.1, 0.15) is 11.8 Å². The van der Waals surface area contributed by atoms with E-state index in [4.69, 9.17) is 10.00 Å². The van der Waals surface area contributed by atoms with E-state index in [1.54, 1.807) is 11.0 Å². The van der Waals surface area contributed by atoms with Gasteiger partial charge in [-0.3, -0.25) is 19.7 Å². The molecule has 1 unspecified atom stereocenters. The minimum absolute atomic E-state index is 0.102. The van der Waals surface area contributed by atoms with Gasteiger partial charge in [-0.15, -0.1) is 0 Å². The van der Waals surface area contributed by atoms with Gasteiger partial charge in [-0.1, -0.05) is 12.8 Å². The second-order valence-corrected chi connectivity index (χ2v) is 10.6. The monoisotopic (exact) mass is 478 g/mol. The molecule has 8 nitrogen and oxygen atoms in total. The second kappa shape index (κ2) is 9.98. The van der Waals surface area contributed by atoms with E-state index < -0.39 is 6.04 Å². The fourth-order valence-electron chi connectivity index (χ4n) is 5.85. The number of carbonyl (C=O) groups is 3. The van der Waals surface area contributed by atoms with Crippen LogP contribution in [0, 0.1) is 22.7 Å². The Kier molecular flexibility index (Phi) is 6.79. The van der Waals surface area contributed by atoms with Gasteiger partial charge in [0.05, 0.1) is 17.6 Å². The molecule has 3 heterocycles. The fraction of sp³-hybridized carbons (Fsp3) is 0.630. The molecule has 186 valence electrons. The molecule has 6 rings (SSSR count). The molecular formula is C27H34N4O4. The van der Waals surface area contributed by atoms with E-state index in [2.05, 4.69) is 16.7 Å². The number of rotatable bonds is 4. The van der Waals surface area contributed by atoms with Crippen LogP contribution in [0.4, 0.5) is 0 Å². The van der Waals surface area contributed by atoms with Gasteiger partial charge in [0.25, 0.3) is 5.91 Å². The van der Waals surface area contributed by atoms with Crippen LogP contribution in [-0.2, 0) is 16.1 Å². The molecule has 0 aromatic heterocycles. The average Bonchev–Trinajstić information content (AvgIpc) is 3.11. The molecule has 1 aromatic rings. The minimum atomic E-state index is -0.569. The molecule has 2 aliphatic carbocycles. The lowest BCUT2D eigenvalue weighted by Gasteiger charge is -2.46. The highest BCUT2D eigenvalue weighted by Gasteiger charge is 2.46. The van der Waals surface area contributed by atoms with Gasteiger partial charge >= 0.3 is 0 Å². The molecule has 8 heteroatoms. The van der Waals surface area contributed by atoms with Crippen LogP contribution in [0.2, 0.25) is 0 Å². The number of ether oxygens (including phenoxy) is 1. The van der Waals surface area contributed by atoms with Crippen LogP contribution in [0.25, 0.3) is 0 Å². The number of piperidine rings is 1. The van der Waals surface area contributed by atoms with Crippen molar-refractivity contribution in [3.63, 3.8) is 0 Å². The zero-order chi connectivity index (χ0) is 24.4. The summed E-state index contributed by atoms with van der Waals surface area (Å²) in [4.78, 5) is 37.6. The van der Waals surface area contributed by atoms with Gasteiger partial charge in [-0.05, 0) is 68.7 Å². The van der Waals surface area contributed by atoms with Crippen LogP contribution in [-0.4, -0.2) is 47.9 Å². The average molecular weight is 479 g/mol. The van der Waals surface area contributed by atoms with Crippen molar-refractivity contribution in [1.82, 2.24) is 15.5 Å². The molecule has 2 saturated carbocycles. The van der Waals surface area contributed by atoms with Crippen LogP contribution in [0.5, 0.6) is 5.75 Å². The zero-order valence-corrected chi connectivity index (χ0v) is 20.2. The smallest absolute Gasteiger partial charge is 0.255 e. The number of imide groups is 1. The summed E-state index contributed by atoms with van der Waals surface area (Å²) in [5, 5.41) is 14.4. The van der Waals surface area contributed by atoms with Crippen LogP contribution in [0.3, 0.4) is 0 Å². The van der Waals surface area contributed by atoms with E-state index >= 15 is 0 Å². The van der Waals surface area contributed by atoms with Crippen molar-refractivity contribution in [3.8, 4) is 11.8 Å². The Labute approximate surface area is 206 Å². The molecule has 35 heavy (non-hydrogen) atoms. The summed E-state index contributed by atoms with van der Waals surface area (Å²) in [6.45, 7) is 2.55. The molecule has 3 amide bonds. The number of hydrogen-bond acceptors (Lipinski definition) is 6. The standard InChI is InChI=1S/C19H22N2O4.C8H12N2/c22-17-9-8-16(18(23)20-17)21-11-12-10-14(6-7-15(12)19(21)24)25-13-4-2-1-3-5-13;9-6-8(2-1-3-8)7-4-10-5-7/h6-7,10,13,16H,1-5,8-9,11H2,(H,20,22,23);7,10H,1-5H2. The van der Waals surface area contributed by atoms with E-state index in [9.17, 15) is 14.4 Å². The van der Waals surface area contributed by atoms with E-state index in [0.717, 1.165) is 50.1 Å². The maximum absolute atomic E-state index is 12.6. The van der Waals surface area contributed by atoms with Gasteiger partial charge in [-0.25, -0.2) is 0 Å². The second-order valence-electron chi connectivity index (χ2n) is 10.6. The normalized spacial score (nSPS) is 25.9. The van der Waals surface area contributed by atoms with Crippen molar-refractivity contribution < 1.29 is 19.1 Å². The van der Waals surface area contributed by atoms with E-state index in [1.165, 1.54) is 25.7 Å². The Balaban J connectivity index is 0.000000211. The Morgan fingerprint density at radius 1 is 1.03 bits per heavy atom. The quantitative estimate of drug-likeness (QED) is 0.644. The van der Waals surface area contributed by atoms with Crippen LogP contribution in [0.15, 0.2) is 18.2 Å². The number of amides is 3. The third-order valence-corrected chi connectivity index (χ3v) is 8.38. The molecule has 5 aliphatic rings. The number of fused-ring (bicyclic) bond motifs is 1. The van der Waals surface area contributed by atoms with Gasteiger partial charge in [0, 0.05) is 37.5 Å². The molecule has 2 N–H and O–H groups in total. The summed E-state index contributed by atoms with van der Waals surface area (Å²) in [6, 6.07) is 7.47. The number of nitriles is 1. The largest absolute Gasteiger partial charge is 0.490 e. The first-order chi connectivity index (χ1) is 17.0. The molecule has 0 bridgehead atoms. The lowest BCUT2D eigenvalue weighted by atomic mass is 9.60. The van der Waals surface area contributed by atoms with Gasteiger partial charge in [0.2, 0.25) is 11.8 Å². The number of hydrogen-bond donors (Lipinski definition) is 2. The highest BCUT2D eigenvalue weighted by Crippen LogP contribution is 2.47. The summed E-state index contributed by atoms with van der Waals surface area (Å²) < 4.78 is 6.08. The van der Waals surface area contributed by atoms with E-state index in [1.807, 2.05) is 12.1 Å². The number of nitrogens with zero attached hydrogens (tertiary/aromatic N) is 2. The van der Waals surface area contributed by atoms with E-state index in [-0.39, 0.29) is 35.7 Å². The van der Waals surface area contributed by atoms with Crippen LogP contribution in [0.1, 0.15) is 80.1 Å². The number of carbonyl (C=O) groups excluding carboxylic acids is 3. The fourth-order valence-corrected chi connectivity index (χ4v) is 5.85. The Morgan fingerprint density at radius 2 is 1.80 bits per heavy atom. The zero-order valence-electron chi connectivity index (χ0n) is 20.2. The predicted octanol–water partition coefficient (Wildman–Crippen LogP) is 3.06. The first kappa shape index (κ1) is 23.8. The summed E-state index contributed by atoms with van der Waals surface area (Å²) in [7, 11) is 0. The molecule has 0 spiro atoms. The minimum Gasteiger partial charge on any atom is -0.490 e. The molecule has 1 aromatic carbocycles. The first-order valence-corrected chi connectivity index (χ1v) is 13.1. The number of nitrogens with one attached hydrogen (secondary N) is 2. The lowest BCUT2D eigenvalue weighted by Crippen LogP contribution is -2.53. The summed E-state index contributed by atoms with van der Waals surface area (Å²) in [5.74, 6) is 0.674. The van der Waals surface area contributed by atoms with Crippen molar-refractivity contribution in [2.24, 2.45) is 11.3 Å². The van der Waals surface area contributed by atoms with E-state index in [0.29, 0.717) is 24.4 Å². The van der Waals surface area contributed by atoms with Crippen molar-refractivity contribution >= 4 is 17.7 Å². The van der Waals surface area contributed by atoms with Crippen molar-refractivity contribution in [1.29, 1.82) is 5.26 Å². The van der Waals surface area contributed by atoms with Crippen molar-refractivity contribution in [2.75, 3.05) is 13.1 Å². The summed E-state index contributed by atoms with van der Waals surface area (Å²) in [5.41, 5.74) is 1.62. The Hall–Kier alpha value is -2.92. The van der Waals surface area contributed by atoms with Crippen molar-refractivity contribution in [2.45, 2.75) is 82.9 Å².